The fourth-order valence-electron chi connectivity index (χ4n) is 3.46. The molecule has 0 aliphatic heterocycles. The van der Waals surface area contributed by atoms with Crippen LogP contribution in [-0.4, -0.2) is 38.2 Å². The topological polar surface area (TPSA) is 72.1 Å². The van der Waals surface area contributed by atoms with E-state index in [0.717, 1.165) is 55.7 Å². The van der Waals surface area contributed by atoms with E-state index in [4.69, 9.17) is 4.99 Å². The van der Waals surface area contributed by atoms with E-state index in [-0.39, 0.29) is 24.0 Å². The first-order valence-electron chi connectivity index (χ1n) is 10.5. The van der Waals surface area contributed by atoms with Gasteiger partial charge in [0.15, 0.2) is 5.96 Å². The Morgan fingerprint density at radius 2 is 2.00 bits per heavy atom. The summed E-state index contributed by atoms with van der Waals surface area (Å²) in [6, 6.07) is 8.30. The van der Waals surface area contributed by atoms with Crippen LogP contribution in [0.15, 0.2) is 41.7 Å². The molecule has 2 aromatic heterocycles. The van der Waals surface area contributed by atoms with Crippen LogP contribution >= 0.6 is 24.0 Å². The van der Waals surface area contributed by atoms with E-state index in [1.165, 1.54) is 5.52 Å². The summed E-state index contributed by atoms with van der Waals surface area (Å²) >= 11 is 0. The van der Waals surface area contributed by atoms with Gasteiger partial charge in [-0.25, -0.2) is 15.0 Å². The lowest BCUT2D eigenvalue weighted by Gasteiger charge is -2.13. The van der Waals surface area contributed by atoms with Crippen molar-refractivity contribution in [3.8, 4) is 0 Å². The Kier molecular flexibility index (Phi) is 9.61. The van der Waals surface area contributed by atoms with Gasteiger partial charge in [0, 0.05) is 38.6 Å². The molecule has 0 radical (unpaired) electrons. The number of hydrogen-bond donors (Lipinski definition) is 2. The van der Waals surface area contributed by atoms with Gasteiger partial charge in [0.1, 0.15) is 18.2 Å². The number of halogens is 1. The Bertz CT molecular complexity index is 942. The third-order valence-electron chi connectivity index (χ3n) is 4.78. The second-order valence-electron chi connectivity index (χ2n) is 7.66. The first-order chi connectivity index (χ1) is 14.1. The number of hydrogen-bond acceptors (Lipinski definition) is 3. The average molecular weight is 523 g/mol. The Hall–Kier alpha value is -2.10. The Morgan fingerprint density at radius 1 is 1.20 bits per heavy atom. The number of imidazole rings is 2. The van der Waals surface area contributed by atoms with E-state index < -0.39 is 0 Å². The maximum absolute atomic E-state index is 4.72. The maximum Gasteiger partial charge on any atom is 0.191 e. The molecule has 0 bridgehead atoms. The molecule has 1 aromatic carbocycles. The third-order valence-corrected chi connectivity index (χ3v) is 4.78. The average Bonchev–Trinajstić information content (AvgIpc) is 3.26. The zero-order valence-electron chi connectivity index (χ0n) is 18.4. The minimum atomic E-state index is 0. The van der Waals surface area contributed by atoms with Gasteiger partial charge in [0.25, 0.3) is 0 Å². The number of nitrogens with one attached hydrogen (secondary N) is 2. The van der Waals surface area contributed by atoms with Crippen molar-refractivity contribution in [2.75, 3.05) is 13.1 Å². The summed E-state index contributed by atoms with van der Waals surface area (Å²) in [6.45, 7) is 12.7. The van der Waals surface area contributed by atoms with E-state index >= 15 is 0 Å². The first kappa shape index (κ1) is 24.2. The molecule has 0 aliphatic rings. The molecule has 0 amide bonds. The Morgan fingerprint density at radius 3 is 2.77 bits per heavy atom. The third kappa shape index (κ3) is 6.45. The number of rotatable bonds is 9. The molecule has 0 saturated carbocycles. The zero-order chi connectivity index (χ0) is 20.6. The van der Waals surface area contributed by atoms with Gasteiger partial charge in [-0.05, 0) is 38.3 Å². The molecule has 164 valence electrons. The van der Waals surface area contributed by atoms with Crippen LogP contribution in [0.5, 0.6) is 0 Å². The molecule has 0 fully saturated rings. The van der Waals surface area contributed by atoms with Gasteiger partial charge in [-0.15, -0.1) is 24.0 Å². The largest absolute Gasteiger partial charge is 0.357 e. The van der Waals surface area contributed by atoms with Crippen LogP contribution in [0.2, 0.25) is 0 Å². The van der Waals surface area contributed by atoms with Gasteiger partial charge in [-0.3, -0.25) is 0 Å². The number of benzene rings is 1. The van der Waals surface area contributed by atoms with Crippen LogP contribution in [0.3, 0.4) is 0 Å². The molecule has 0 spiro atoms. The highest BCUT2D eigenvalue weighted by atomic mass is 127. The molecular formula is C22H34IN7. The van der Waals surface area contributed by atoms with E-state index in [2.05, 4.69) is 75.6 Å². The minimum absolute atomic E-state index is 0. The summed E-state index contributed by atoms with van der Waals surface area (Å²) in [5.74, 6) is 3.47. The van der Waals surface area contributed by atoms with Crippen LogP contribution in [-0.2, 0) is 19.6 Å². The maximum atomic E-state index is 4.72. The normalized spacial score (nSPS) is 11.7. The molecule has 2 N–H and O–H groups in total. The lowest BCUT2D eigenvalue weighted by atomic mass is 10.2. The predicted molar refractivity (Wildman–Crippen MR) is 134 cm³/mol. The molecule has 8 heteroatoms. The lowest BCUT2D eigenvalue weighted by Crippen LogP contribution is -2.38. The van der Waals surface area contributed by atoms with Crippen molar-refractivity contribution in [2.24, 2.45) is 10.9 Å². The molecule has 0 unspecified atom stereocenters. The van der Waals surface area contributed by atoms with Crippen molar-refractivity contribution in [1.82, 2.24) is 29.7 Å². The Balaban J connectivity index is 0.00000320. The molecule has 3 rings (SSSR count). The number of guanidine groups is 1. The fraction of sp³-hybridized carbons (Fsp3) is 0.500. The smallest absolute Gasteiger partial charge is 0.191 e. The Labute approximate surface area is 196 Å². The highest BCUT2D eigenvalue weighted by Gasteiger charge is 2.07. The summed E-state index contributed by atoms with van der Waals surface area (Å²) in [5, 5.41) is 6.76. The van der Waals surface area contributed by atoms with Crippen LogP contribution < -0.4 is 10.6 Å². The van der Waals surface area contributed by atoms with Crippen molar-refractivity contribution in [1.29, 1.82) is 0 Å². The van der Waals surface area contributed by atoms with Gasteiger partial charge in [-0.1, -0.05) is 26.0 Å². The quantitative estimate of drug-likeness (QED) is 0.193. The van der Waals surface area contributed by atoms with Gasteiger partial charge in [0.2, 0.25) is 0 Å². The monoisotopic (exact) mass is 523 g/mol. The van der Waals surface area contributed by atoms with Crippen molar-refractivity contribution in [2.45, 2.75) is 53.8 Å². The molecule has 2 heterocycles. The molecule has 7 nitrogen and oxygen atoms in total. The summed E-state index contributed by atoms with van der Waals surface area (Å²) < 4.78 is 4.47. The van der Waals surface area contributed by atoms with E-state index in [0.29, 0.717) is 12.5 Å². The first-order valence-corrected chi connectivity index (χ1v) is 10.5. The number of aliphatic imine (C=N–C) groups is 1. The predicted octanol–water partition coefficient (Wildman–Crippen LogP) is 3.96. The zero-order valence-corrected chi connectivity index (χ0v) is 20.8. The molecular weight excluding hydrogens is 489 g/mol. The van der Waals surface area contributed by atoms with E-state index in [9.17, 15) is 0 Å². The number of para-hydroxylation sites is 2. The van der Waals surface area contributed by atoms with Gasteiger partial charge < -0.3 is 19.8 Å². The second kappa shape index (κ2) is 11.9. The van der Waals surface area contributed by atoms with Crippen molar-refractivity contribution >= 4 is 41.0 Å². The highest BCUT2D eigenvalue weighted by Crippen LogP contribution is 2.15. The molecule has 0 atom stereocenters. The van der Waals surface area contributed by atoms with Gasteiger partial charge in [0.05, 0.1) is 11.0 Å². The van der Waals surface area contributed by atoms with Crippen LogP contribution in [0.4, 0.5) is 0 Å². The van der Waals surface area contributed by atoms with E-state index in [1.54, 1.807) is 0 Å². The molecule has 30 heavy (non-hydrogen) atoms. The van der Waals surface area contributed by atoms with Crippen LogP contribution in [0.1, 0.15) is 38.8 Å². The number of nitrogens with zero attached hydrogens (tertiary/aromatic N) is 5. The van der Waals surface area contributed by atoms with Crippen molar-refractivity contribution < 1.29 is 0 Å². The number of fused-ring (bicyclic) bond motifs is 1. The lowest BCUT2D eigenvalue weighted by molar-refractivity contribution is 0.507. The minimum Gasteiger partial charge on any atom is -0.357 e. The SMILES string of the molecule is CCNC(=NCc1nccn1CC(C)C)NCCCn1c(C)nc2ccccc21.I. The summed E-state index contributed by atoms with van der Waals surface area (Å²) in [4.78, 5) is 13.8. The molecule has 0 saturated heterocycles. The molecule has 0 aliphatic carbocycles. The summed E-state index contributed by atoms with van der Waals surface area (Å²) in [7, 11) is 0. The van der Waals surface area contributed by atoms with Crippen LogP contribution in [0, 0.1) is 12.8 Å². The highest BCUT2D eigenvalue weighted by molar-refractivity contribution is 14.0. The molecule has 3 aromatic rings. The summed E-state index contributed by atoms with van der Waals surface area (Å²) in [6.07, 6.45) is 4.88. The standard InChI is InChI=1S/C22H33N7.HI/c1-5-23-22(26-15-21-24-12-14-28(21)16-17(2)3)25-11-8-13-29-18(4)27-19-9-6-7-10-20(19)29;/h6-7,9-10,12,14,17H,5,8,11,13,15-16H2,1-4H3,(H2,23,25,26);1H. The van der Waals surface area contributed by atoms with Gasteiger partial charge in [-0.2, -0.15) is 0 Å². The fourth-order valence-corrected chi connectivity index (χ4v) is 3.46. The van der Waals surface area contributed by atoms with E-state index in [1.807, 2.05) is 18.5 Å². The summed E-state index contributed by atoms with van der Waals surface area (Å²) in [5.41, 5.74) is 2.26. The van der Waals surface area contributed by atoms with Crippen molar-refractivity contribution in [3.63, 3.8) is 0 Å². The number of aromatic nitrogens is 4. The second-order valence-corrected chi connectivity index (χ2v) is 7.66. The van der Waals surface area contributed by atoms with Gasteiger partial charge >= 0.3 is 0 Å². The van der Waals surface area contributed by atoms with Crippen LogP contribution in [0.25, 0.3) is 11.0 Å². The van der Waals surface area contributed by atoms with Crippen molar-refractivity contribution in [3.05, 3.63) is 48.3 Å². The number of aryl methyl sites for hydroxylation is 2.